The summed E-state index contributed by atoms with van der Waals surface area (Å²) in [5.41, 5.74) is 12.8. The van der Waals surface area contributed by atoms with Crippen LogP contribution in [0.4, 0.5) is 0 Å². The molecule has 0 aromatic heterocycles. The van der Waals surface area contributed by atoms with Crippen LogP contribution in [0.15, 0.2) is 65.6 Å². The molecule has 0 heterocycles. The summed E-state index contributed by atoms with van der Waals surface area (Å²) in [6.07, 6.45) is 2.03. The van der Waals surface area contributed by atoms with Gasteiger partial charge in [-0.3, -0.25) is 35.6 Å². The first kappa shape index (κ1) is 63.8. The number of benzene rings is 3. The Kier molecular flexibility index (Phi) is 36.1. The Morgan fingerprint density at radius 3 is 1.52 bits per heavy atom. The fourth-order valence-electron chi connectivity index (χ4n) is 4.97. The van der Waals surface area contributed by atoms with Crippen molar-refractivity contribution in [3.63, 3.8) is 0 Å². The van der Waals surface area contributed by atoms with Gasteiger partial charge in [0.25, 0.3) is 27.7 Å². The van der Waals surface area contributed by atoms with Gasteiger partial charge >= 0.3 is 103 Å². The molecule has 2 atom stereocenters. The van der Waals surface area contributed by atoms with Gasteiger partial charge in [-0.05, 0) is 92.4 Å². The van der Waals surface area contributed by atoms with Gasteiger partial charge in [0.1, 0.15) is 11.5 Å². The normalized spacial score (nSPS) is 11.4. The number of rotatable bonds is 11. The largest absolute Gasteiger partial charge is 1.00 e. The number of halogens is 1. The fraction of sp³-hybridized carbons (Fsp3) is 0.475. The van der Waals surface area contributed by atoms with Crippen molar-refractivity contribution >= 4 is 39.3 Å². The maximum absolute atomic E-state index is 12.3. The Morgan fingerprint density at radius 1 is 0.828 bits per heavy atom. The fourth-order valence-corrected chi connectivity index (χ4v) is 5.66. The Morgan fingerprint density at radius 2 is 1.22 bits per heavy atom. The summed E-state index contributed by atoms with van der Waals surface area (Å²) in [6, 6.07) is 17.3. The number of carbonyl (C=O) groups is 3. The summed E-state index contributed by atoms with van der Waals surface area (Å²) in [4.78, 5) is 34.3. The third-order valence-corrected chi connectivity index (χ3v) is 9.36. The molecule has 14 nitrogen and oxygen atoms in total. The van der Waals surface area contributed by atoms with Gasteiger partial charge in [0.05, 0.1) is 19.1 Å². The number of hydrogen-bond donors (Lipinski definition) is 5. The summed E-state index contributed by atoms with van der Waals surface area (Å²) < 4.78 is 39.8. The molecule has 3 rings (SSSR count). The van der Waals surface area contributed by atoms with Crippen molar-refractivity contribution in [1.82, 2.24) is 16.3 Å². The zero-order valence-corrected chi connectivity index (χ0v) is 44.7. The van der Waals surface area contributed by atoms with E-state index in [9.17, 15) is 18.0 Å². The molecule has 1 amide bonds. The number of methoxy groups -OCH3 is 2. The zero-order chi connectivity index (χ0) is 43.9. The van der Waals surface area contributed by atoms with Gasteiger partial charge in [0, 0.05) is 34.3 Å². The van der Waals surface area contributed by atoms with Crippen LogP contribution >= 0.6 is 11.6 Å². The van der Waals surface area contributed by atoms with Crippen molar-refractivity contribution in [3.05, 3.63) is 88.5 Å². The molecule has 0 saturated heterocycles. The molecule has 3 aromatic carbocycles. The number of aryl methyl sites for hydroxylation is 1. The van der Waals surface area contributed by atoms with Crippen molar-refractivity contribution in [2.24, 2.45) is 16.7 Å². The van der Waals surface area contributed by atoms with Crippen LogP contribution < -0.4 is 140 Å². The standard InChI is InChI=1S/C16H26N2O2.C9H9ClO2.C7H18N2.C7H8O3S.CH2O3.2K.H/c1-7-14(16(3,4)5)17-18-15(19)12-9-8-10-13(20-6)11(12)2;1-6-7(9(10)11)4-3-5-8(6)12-2;1-5-6(9-8)7(2,3)4;1-6-2-4-7(5-3-6)11(8,9)10;2-1-4-3;;;/h8-10,14,17H,7H2,1-6H3,(H,18,19);3-5H,1-2H3;6,9H,5,8H2,1-4H3;2-5H,1H3,(H,8,9,10);1,3H;;;/q;;;;;2*+1;-1/p-1/t14-;;6-;;;;;/m1.1...../s1. The first-order chi connectivity index (χ1) is 25.9. The second-order valence-corrected chi connectivity index (χ2v) is 16.2. The molecular weight excluding hydrogens is 842 g/mol. The minimum Gasteiger partial charge on any atom is -1.00 e. The van der Waals surface area contributed by atoms with E-state index in [1.807, 2.05) is 26.0 Å². The van der Waals surface area contributed by atoms with Gasteiger partial charge in [-0.15, -0.1) is 0 Å². The van der Waals surface area contributed by atoms with E-state index >= 15 is 0 Å². The number of nitrogens with one attached hydrogen (secondary N) is 3. The smallest absolute Gasteiger partial charge is 1.00 e. The van der Waals surface area contributed by atoms with Gasteiger partial charge in [-0.1, -0.05) is 85.2 Å². The molecule has 318 valence electrons. The minimum atomic E-state index is -4.02. The van der Waals surface area contributed by atoms with Crippen molar-refractivity contribution in [1.29, 1.82) is 0 Å². The second kappa shape index (κ2) is 32.8. The van der Waals surface area contributed by atoms with Crippen LogP contribution in [0.2, 0.25) is 0 Å². The van der Waals surface area contributed by atoms with Crippen LogP contribution in [0.5, 0.6) is 11.5 Å². The third kappa shape index (κ3) is 25.8. The van der Waals surface area contributed by atoms with E-state index in [4.69, 9.17) is 41.5 Å². The minimum absolute atomic E-state index is 0. The predicted molar refractivity (Wildman–Crippen MR) is 220 cm³/mol. The molecule has 0 fully saturated rings. The number of nitrogens with two attached hydrogens (primary N) is 1. The van der Waals surface area contributed by atoms with Crippen LogP contribution in [0.3, 0.4) is 0 Å². The van der Waals surface area contributed by atoms with Gasteiger partial charge in [0.15, 0.2) is 0 Å². The van der Waals surface area contributed by atoms with E-state index in [-0.39, 0.29) is 138 Å². The molecule has 0 aliphatic heterocycles. The van der Waals surface area contributed by atoms with E-state index in [1.165, 1.54) is 12.1 Å². The van der Waals surface area contributed by atoms with Crippen LogP contribution in [0, 0.1) is 31.6 Å². The van der Waals surface area contributed by atoms with Crippen molar-refractivity contribution in [3.8, 4) is 11.5 Å². The van der Waals surface area contributed by atoms with Gasteiger partial charge in [-0.25, -0.2) is 5.43 Å². The third-order valence-electron chi connectivity index (χ3n) is 8.29. The molecule has 18 heteroatoms. The molecule has 0 radical (unpaired) electrons. The molecule has 3 aromatic rings. The summed E-state index contributed by atoms with van der Waals surface area (Å²) in [6.45, 7) is 22.6. The average molecular weight is 906 g/mol. The van der Waals surface area contributed by atoms with Crippen molar-refractivity contribution < 1.29 is 151 Å². The van der Waals surface area contributed by atoms with Crippen LogP contribution in [0.25, 0.3) is 0 Å². The summed E-state index contributed by atoms with van der Waals surface area (Å²) in [7, 11) is -0.853. The number of amides is 1. The quantitative estimate of drug-likeness (QED) is 0.0338. The summed E-state index contributed by atoms with van der Waals surface area (Å²) >= 11 is 5.34. The maximum atomic E-state index is 12.3. The molecular formula is C40H63ClK2N4O10S. The number of hydrazine groups is 2. The summed E-state index contributed by atoms with van der Waals surface area (Å²) in [5.74, 6) is 6.59. The summed E-state index contributed by atoms with van der Waals surface area (Å²) in [5, 5.41) is 7.98. The SMILES string of the molecule is CC[C@@H](NN)C(C)(C)C.CC[C@@H](NNC(=O)c1cccc(OC)c1C)C(C)(C)C.COc1cccc(C(=O)Cl)c1C.Cc1ccc(S(=O)(=O)O)cc1.O=CO[O-].[H-].[K+].[K+]. The molecule has 0 spiro atoms. The molecule has 0 bridgehead atoms. The number of ether oxygens (including phenoxy) is 2. The Hall–Kier alpha value is -0.817. The van der Waals surface area contributed by atoms with E-state index < -0.39 is 15.4 Å². The molecule has 58 heavy (non-hydrogen) atoms. The number of carbonyl (C=O) groups excluding carboxylic acids is 3. The van der Waals surface area contributed by atoms with Crippen LogP contribution in [0.1, 0.15) is 107 Å². The second-order valence-electron chi connectivity index (χ2n) is 14.4. The Labute approximate surface area is 437 Å². The predicted octanol–water partition coefficient (Wildman–Crippen LogP) is 0.517. The van der Waals surface area contributed by atoms with E-state index in [2.05, 4.69) is 76.6 Å². The number of hydrogen-bond acceptors (Lipinski definition) is 12. The molecule has 0 saturated carbocycles. The van der Waals surface area contributed by atoms with E-state index in [0.29, 0.717) is 22.9 Å². The van der Waals surface area contributed by atoms with Crippen molar-refractivity contribution in [2.45, 2.75) is 106 Å². The van der Waals surface area contributed by atoms with Gasteiger partial charge in [-0.2, -0.15) is 8.42 Å². The molecule has 6 N–H and O–H groups in total. The average Bonchev–Trinajstić information content (AvgIpc) is 3.12. The maximum Gasteiger partial charge on any atom is 1.00 e. The van der Waals surface area contributed by atoms with E-state index in [1.54, 1.807) is 57.5 Å². The van der Waals surface area contributed by atoms with Crippen LogP contribution in [-0.4, -0.2) is 56.9 Å². The van der Waals surface area contributed by atoms with Crippen LogP contribution in [-0.2, 0) is 19.8 Å². The van der Waals surface area contributed by atoms with E-state index in [0.717, 1.165) is 35.3 Å². The topological polar surface area (TPSA) is 218 Å². The van der Waals surface area contributed by atoms with Gasteiger partial charge < -0.3 is 21.0 Å². The zero-order valence-electron chi connectivity index (χ0n) is 37.9. The Bertz CT molecular complexity index is 1740. The molecule has 0 aliphatic carbocycles. The van der Waals surface area contributed by atoms with Gasteiger partial charge in [0.2, 0.25) is 0 Å². The van der Waals surface area contributed by atoms with Crippen molar-refractivity contribution in [2.75, 3.05) is 14.2 Å². The monoisotopic (exact) mass is 904 g/mol. The molecule has 0 unspecified atom stereocenters. The first-order valence-corrected chi connectivity index (χ1v) is 19.5. The first-order valence-electron chi connectivity index (χ1n) is 17.7. The molecule has 0 aliphatic rings. The Balaban J connectivity index is -0.000000218.